The van der Waals surface area contributed by atoms with Crippen LogP contribution in [0.25, 0.3) is 5.57 Å². The standard InChI is InChI=1S/C36H50FN3/c1-5-8-31(23-29(3)38)25-39-21-16-30(17-22-39)12-11-28(2)33-14-13-32-9-7-20-40(26-34(32)24-33)27-36(4)18-6-10-35(37)15-19-36/h5,8,10,13-15,19,23-24,30H,2-3,6-7,9,11-12,16-18,20-22,25-27,38H2,1,4H3/b8-5-,31-23+. The van der Waals surface area contributed by atoms with Crippen LogP contribution in [0.15, 0.2) is 84.9 Å². The second-order valence-corrected chi connectivity index (χ2v) is 12.6. The van der Waals surface area contributed by atoms with Gasteiger partial charge in [-0.3, -0.25) is 9.80 Å². The number of benzene rings is 1. The Morgan fingerprint density at radius 3 is 2.70 bits per heavy atom. The molecule has 2 aliphatic heterocycles. The summed E-state index contributed by atoms with van der Waals surface area (Å²) in [5.41, 5.74) is 13.2. The molecule has 0 aromatic heterocycles. The number of halogens is 1. The van der Waals surface area contributed by atoms with Gasteiger partial charge in [-0.1, -0.05) is 50.4 Å². The molecule has 1 aromatic carbocycles. The van der Waals surface area contributed by atoms with Gasteiger partial charge in [0, 0.05) is 25.3 Å². The molecule has 1 saturated heterocycles. The Balaban J connectivity index is 1.29. The molecule has 4 heteroatoms. The van der Waals surface area contributed by atoms with Crippen LogP contribution in [0.4, 0.5) is 4.39 Å². The molecule has 0 spiro atoms. The van der Waals surface area contributed by atoms with Gasteiger partial charge in [0.2, 0.25) is 0 Å². The van der Waals surface area contributed by atoms with Crippen molar-refractivity contribution in [3.8, 4) is 0 Å². The third-order valence-electron chi connectivity index (χ3n) is 8.93. The molecule has 1 fully saturated rings. The first-order valence-electron chi connectivity index (χ1n) is 15.3. The summed E-state index contributed by atoms with van der Waals surface area (Å²) in [6.07, 6.45) is 20.5. The van der Waals surface area contributed by atoms with Crippen molar-refractivity contribution in [2.24, 2.45) is 17.1 Å². The number of likely N-dealkylation sites (tertiary alicyclic amines) is 1. The lowest BCUT2D eigenvalue weighted by atomic mass is 9.85. The summed E-state index contributed by atoms with van der Waals surface area (Å²) in [6.45, 7) is 18.9. The molecule has 0 amide bonds. The molecular formula is C36H50FN3. The van der Waals surface area contributed by atoms with E-state index in [1.807, 2.05) is 13.0 Å². The maximum atomic E-state index is 13.8. The molecule has 0 radical (unpaired) electrons. The Labute approximate surface area is 242 Å². The minimum atomic E-state index is -0.0940. The molecule has 40 heavy (non-hydrogen) atoms. The first kappa shape index (κ1) is 30.3. The van der Waals surface area contributed by atoms with Crippen LogP contribution in [0.1, 0.15) is 75.5 Å². The maximum absolute atomic E-state index is 13.8. The molecule has 3 nitrogen and oxygen atoms in total. The Morgan fingerprint density at radius 1 is 1.15 bits per heavy atom. The average molecular weight is 544 g/mol. The van der Waals surface area contributed by atoms with Crippen LogP contribution in [0, 0.1) is 11.3 Å². The summed E-state index contributed by atoms with van der Waals surface area (Å²) in [5.74, 6) is 0.666. The van der Waals surface area contributed by atoms with Gasteiger partial charge in [0.25, 0.3) is 0 Å². The van der Waals surface area contributed by atoms with Crippen LogP contribution in [0.3, 0.4) is 0 Å². The highest BCUT2D eigenvalue weighted by atomic mass is 19.1. The number of hydrogen-bond acceptors (Lipinski definition) is 3. The number of fused-ring (bicyclic) bond motifs is 1. The number of nitrogens with two attached hydrogens (primary N) is 1. The van der Waals surface area contributed by atoms with Crippen LogP contribution in [-0.4, -0.2) is 42.5 Å². The van der Waals surface area contributed by atoms with Crippen molar-refractivity contribution in [2.75, 3.05) is 32.7 Å². The third kappa shape index (κ3) is 8.91. The predicted octanol–water partition coefficient (Wildman–Crippen LogP) is 8.12. The molecule has 2 heterocycles. The monoisotopic (exact) mass is 543 g/mol. The molecule has 3 aliphatic rings. The van der Waals surface area contributed by atoms with Crippen LogP contribution in [-0.2, 0) is 13.0 Å². The van der Waals surface area contributed by atoms with Crippen molar-refractivity contribution in [3.05, 3.63) is 102 Å². The van der Waals surface area contributed by atoms with Crippen LogP contribution in [0.5, 0.6) is 0 Å². The Kier molecular flexibility index (Phi) is 10.8. The maximum Gasteiger partial charge on any atom is 0.118 e. The first-order valence-corrected chi connectivity index (χ1v) is 15.3. The van der Waals surface area contributed by atoms with Crippen LogP contribution >= 0.6 is 0 Å². The van der Waals surface area contributed by atoms with E-state index in [4.69, 9.17) is 5.73 Å². The fraction of sp³-hybridized carbons (Fsp3) is 0.500. The molecule has 216 valence electrons. The third-order valence-corrected chi connectivity index (χ3v) is 8.93. The van der Waals surface area contributed by atoms with Crippen molar-refractivity contribution >= 4 is 5.57 Å². The van der Waals surface area contributed by atoms with Gasteiger partial charge < -0.3 is 5.73 Å². The van der Waals surface area contributed by atoms with Crippen LogP contribution < -0.4 is 5.73 Å². The summed E-state index contributed by atoms with van der Waals surface area (Å²) in [6, 6.07) is 7.05. The van der Waals surface area contributed by atoms with E-state index in [9.17, 15) is 4.39 Å². The molecule has 4 rings (SSSR count). The van der Waals surface area contributed by atoms with Crippen LogP contribution in [0.2, 0.25) is 0 Å². The normalized spacial score (nSPS) is 23.5. The molecule has 1 aromatic rings. The van der Waals surface area contributed by atoms with Gasteiger partial charge in [-0.25, -0.2) is 4.39 Å². The number of allylic oxidation sites excluding steroid dienone is 6. The largest absolute Gasteiger partial charge is 0.399 e. The van der Waals surface area contributed by atoms with Gasteiger partial charge >= 0.3 is 0 Å². The Hall–Kier alpha value is -2.69. The van der Waals surface area contributed by atoms with E-state index in [-0.39, 0.29) is 11.2 Å². The Morgan fingerprint density at radius 2 is 1.95 bits per heavy atom. The zero-order valence-corrected chi connectivity index (χ0v) is 24.9. The summed E-state index contributed by atoms with van der Waals surface area (Å²) < 4.78 is 13.8. The molecular weight excluding hydrogens is 493 g/mol. The summed E-state index contributed by atoms with van der Waals surface area (Å²) in [5, 5.41) is 0. The van der Waals surface area contributed by atoms with E-state index >= 15 is 0 Å². The fourth-order valence-corrected chi connectivity index (χ4v) is 6.61. The van der Waals surface area contributed by atoms with Crippen molar-refractivity contribution in [1.82, 2.24) is 9.80 Å². The lowest BCUT2D eigenvalue weighted by molar-refractivity contribution is 0.186. The predicted molar refractivity (Wildman–Crippen MR) is 169 cm³/mol. The smallest absolute Gasteiger partial charge is 0.118 e. The molecule has 0 bridgehead atoms. The number of hydrogen-bond donors (Lipinski definition) is 1. The highest BCUT2D eigenvalue weighted by Crippen LogP contribution is 2.33. The van der Waals surface area contributed by atoms with E-state index < -0.39 is 0 Å². The van der Waals surface area contributed by atoms with Gasteiger partial charge in [0.1, 0.15) is 5.83 Å². The van der Waals surface area contributed by atoms with Gasteiger partial charge in [0.05, 0.1) is 0 Å². The van der Waals surface area contributed by atoms with Crippen molar-refractivity contribution in [2.45, 2.75) is 71.8 Å². The minimum absolute atomic E-state index is 0.00912. The van der Waals surface area contributed by atoms with E-state index in [2.05, 4.69) is 66.3 Å². The van der Waals surface area contributed by atoms with Crippen molar-refractivity contribution < 1.29 is 4.39 Å². The SMILES string of the molecule is C=C(N)/C=C(\C=C/C)CN1CCC(CCC(=C)c2ccc3c(c2)CN(CC2(C)C=CC(F)=CCC2)CCC3)CC1. The topological polar surface area (TPSA) is 32.5 Å². The molecule has 1 unspecified atom stereocenters. The number of piperidine rings is 1. The molecule has 1 aliphatic carbocycles. The quantitative estimate of drug-likeness (QED) is 0.302. The molecule has 0 saturated carbocycles. The lowest BCUT2D eigenvalue weighted by Crippen LogP contribution is -2.35. The number of rotatable bonds is 10. The van der Waals surface area contributed by atoms with E-state index in [0.717, 1.165) is 70.9 Å². The zero-order valence-electron chi connectivity index (χ0n) is 24.9. The number of aryl methyl sites for hydroxylation is 1. The first-order chi connectivity index (χ1) is 19.2. The second kappa shape index (κ2) is 14.3. The van der Waals surface area contributed by atoms with Crippen molar-refractivity contribution in [1.29, 1.82) is 0 Å². The van der Waals surface area contributed by atoms with Gasteiger partial charge in [-0.15, -0.1) is 0 Å². The summed E-state index contributed by atoms with van der Waals surface area (Å²) in [7, 11) is 0. The van der Waals surface area contributed by atoms with E-state index in [1.165, 1.54) is 53.5 Å². The second-order valence-electron chi connectivity index (χ2n) is 12.6. The van der Waals surface area contributed by atoms with Gasteiger partial charge in [0.15, 0.2) is 0 Å². The van der Waals surface area contributed by atoms with E-state index in [1.54, 1.807) is 12.2 Å². The minimum Gasteiger partial charge on any atom is -0.399 e. The number of nitrogens with zero attached hydrogens (tertiary/aromatic N) is 2. The van der Waals surface area contributed by atoms with Gasteiger partial charge in [-0.2, -0.15) is 0 Å². The van der Waals surface area contributed by atoms with E-state index in [0.29, 0.717) is 5.70 Å². The highest BCUT2D eigenvalue weighted by molar-refractivity contribution is 5.64. The average Bonchev–Trinajstić information content (AvgIpc) is 3.22. The summed E-state index contributed by atoms with van der Waals surface area (Å²) >= 11 is 0. The highest BCUT2D eigenvalue weighted by Gasteiger charge is 2.27. The zero-order chi connectivity index (χ0) is 28.5. The molecule has 2 N–H and O–H groups in total. The Bertz CT molecular complexity index is 1160. The van der Waals surface area contributed by atoms with Gasteiger partial charge in [-0.05, 0) is 141 Å². The lowest BCUT2D eigenvalue weighted by Gasteiger charge is -2.33. The fourth-order valence-electron chi connectivity index (χ4n) is 6.61. The summed E-state index contributed by atoms with van der Waals surface area (Å²) in [4.78, 5) is 5.12. The molecule has 1 atom stereocenters. The van der Waals surface area contributed by atoms with Crippen molar-refractivity contribution in [3.63, 3.8) is 0 Å².